The molecular weight excluding hydrogens is 342 g/mol. The minimum Gasteiger partial charge on any atom is -0.506 e. The Bertz CT molecular complexity index is 480. The number of benzene rings is 1. The Morgan fingerprint density at radius 3 is 2.69 bits per heavy atom. The first-order chi connectivity index (χ1) is 6.11. The molecule has 0 unspecified atom stereocenters. The number of fused-ring (bicyclic) bond motifs is 1. The highest BCUT2D eigenvalue weighted by atomic mass is 127. The average Bonchev–Trinajstić information content (AvgIpc) is 2.44. The number of rotatable bonds is 0. The van der Waals surface area contributed by atoms with Crippen LogP contribution in [0.15, 0.2) is 11.4 Å². The Morgan fingerprint density at radius 2 is 2.00 bits per heavy atom. The van der Waals surface area contributed by atoms with Crippen LogP contribution in [0.5, 0.6) is 5.75 Å². The van der Waals surface area contributed by atoms with Crippen molar-refractivity contribution in [1.82, 2.24) is 0 Å². The van der Waals surface area contributed by atoms with Crippen molar-refractivity contribution in [1.29, 1.82) is 0 Å². The summed E-state index contributed by atoms with van der Waals surface area (Å²) >= 11 is 15.4. The van der Waals surface area contributed by atoms with Crippen molar-refractivity contribution in [3.63, 3.8) is 0 Å². The van der Waals surface area contributed by atoms with Crippen molar-refractivity contribution >= 4 is 67.2 Å². The third-order valence-corrected chi connectivity index (χ3v) is 4.82. The summed E-state index contributed by atoms with van der Waals surface area (Å²) in [7, 11) is 0. The van der Waals surface area contributed by atoms with E-state index in [0.717, 1.165) is 13.7 Å². The number of thiophene rings is 1. The first kappa shape index (κ1) is 9.83. The van der Waals surface area contributed by atoms with E-state index < -0.39 is 0 Å². The zero-order chi connectivity index (χ0) is 9.59. The zero-order valence-corrected chi connectivity index (χ0v) is 10.6. The van der Waals surface area contributed by atoms with Crippen LogP contribution >= 0.6 is 57.1 Å². The predicted octanol–water partition coefficient (Wildman–Crippen LogP) is 4.52. The molecule has 1 N–H and O–H groups in total. The molecular formula is C8H3Cl2IOS. The molecule has 0 atom stereocenters. The molecule has 13 heavy (non-hydrogen) atoms. The van der Waals surface area contributed by atoms with Gasteiger partial charge in [0.25, 0.3) is 0 Å². The summed E-state index contributed by atoms with van der Waals surface area (Å²) in [6.07, 6.45) is 0. The van der Waals surface area contributed by atoms with E-state index in [9.17, 15) is 5.11 Å². The van der Waals surface area contributed by atoms with Gasteiger partial charge in [0, 0.05) is 8.95 Å². The largest absolute Gasteiger partial charge is 0.506 e. The molecule has 0 amide bonds. The Hall–Kier alpha value is 0.290. The zero-order valence-electron chi connectivity index (χ0n) is 6.14. The fraction of sp³-hybridized carbons (Fsp3) is 0. The maximum atomic E-state index is 9.53. The van der Waals surface area contributed by atoms with Gasteiger partial charge in [0.05, 0.1) is 20.1 Å². The van der Waals surface area contributed by atoms with Crippen molar-refractivity contribution in [2.24, 2.45) is 0 Å². The molecule has 0 aliphatic carbocycles. The summed E-state index contributed by atoms with van der Waals surface area (Å²) in [5.41, 5.74) is 0. The van der Waals surface area contributed by atoms with E-state index in [4.69, 9.17) is 23.2 Å². The monoisotopic (exact) mass is 344 g/mol. The molecule has 2 rings (SSSR count). The Morgan fingerprint density at radius 1 is 1.31 bits per heavy atom. The summed E-state index contributed by atoms with van der Waals surface area (Å²) in [5, 5.41) is 13.1. The van der Waals surface area contributed by atoms with Gasteiger partial charge in [0.15, 0.2) is 0 Å². The summed E-state index contributed by atoms with van der Waals surface area (Å²) in [5.74, 6) is 0.244. The third-order valence-electron chi connectivity index (χ3n) is 1.67. The minimum atomic E-state index is 0.244. The van der Waals surface area contributed by atoms with Gasteiger partial charge in [-0.15, -0.1) is 11.3 Å². The Kier molecular flexibility index (Phi) is 2.61. The van der Waals surface area contributed by atoms with Gasteiger partial charge in [-0.05, 0) is 28.7 Å². The van der Waals surface area contributed by atoms with Crippen LogP contribution in [-0.4, -0.2) is 5.11 Å². The van der Waals surface area contributed by atoms with Crippen molar-refractivity contribution < 1.29 is 5.11 Å². The van der Waals surface area contributed by atoms with E-state index >= 15 is 0 Å². The molecule has 0 bridgehead atoms. The topological polar surface area (TPSA) is 20.2 Å². The maximum absolute atomic E-state index is 9.53. The second-order valence-corrected chi connectivity index (χ2v) is 5.25. The lowest BCUT2D eigenvalue weighted by atomic mass is 10.2. The molecule has 0 aliphatic heterocycles. The van der Waals surface area contributed by atoms with Crippen LogP contribution in [-0.2, 0) is 0 Å². The highest BCUT2D eigenvalue weighted by Gasteiger charge is 2.12. The average molecular weight is 345 g/mol. The molecule has 1 heterocycles. The lowest BCUT2D eigenvalue weighted by molar-refractivity contribution is 0.483. The van der Waals surface area contributed by atoms with Crippen LogP contribution in [0.2, 0.25) is 10.0 Å². The molecule has 0 saturated carbocycles. The van der Waals surface area contributed by atoms with Crippen LogP contribution in [0, 0.1) is 3.57 Å². The second kappa shape index (κ2) is 3.46. The quantitative estimate of drug-likeness (QED) is 0.550. The minimum absolute atomic E-state index is 0.244. The summed E-state index contributed by atoms with van der Waals surface area (Å²) in [4.78, 5) is 0. The second-order valence-electron chi connectivity index (χ2n) is 2.48. The predicted molar refractivity (Wildman–Crippen MR) is 66.2 cm³/mol. The molecule has 0 spiro atoms. The van der Waals surface area contributed by atoms with E-state index in [1.807, 2.05) is 0 Å². The lowest BCUT2D eigenvalue weighted by Gasteiger charge is -2.00. The summed E-state index contributed by atoms with van der Waals surface area (Å²) in [6, 6.07) is 1.70. The fourth-order valence-electron chi connectivity index (χ4n) is 1.10. The van der Waals surface area contributed by atoms with Gasteiger partial charge in [-0.3, -0.25) is 0 Å². The molecule has 1 nitrogen and oxygen atoms in total. The van der Waals surface area contributed by atoms with Crippen LogP contribution in [0.25, 0.3) is 10.1 Å². The highest BCUT2D eigenvalue weighted by Crippen LogP contribution is 2.41. The first-order valence-electron chi connectivity index (χ1n) is 3.35. The van der Waals surface area contributed by atoms with Gasteiger partial charge in [-0.1, -0.05) is 23.2 Å². The fourth-order valence-corrected chi connectivity index (χ4v) is 3.42. The van der Waals surface area contributed by atoms with Crippen LogP contribution in [0.1, 0.15) is 0 Å². The van der Waals surface area contributed by atoms with Crippen molar-refractivity contribution in [2.45, 2.75) is 0 Å². The van der Waals surface area contributed by atoms with Crippen LogP contribution in [0.4, 0.5) is 0 Å². The van der Waals surface area contributed by atoms with E-state index in [-0.39, 0.29) is 5.75 Å². The Labute approximate surface area is 102 Å². The standard InChI is InChI=1S/C8H3Cl2IOS/c9-3-1-4(10)8-6(7(3)11)5(12)2-13-8/h1-2,12H. The molecule has 68 valence electrons. The maximum Gasteiger partial charge on any atom is 0.135 e. The molecule has 5 heteroatoms. The molecule has 0 aliphatic rings. The van der Waals surface area contributed by atoms with Crippen molar-refractivity contribution in [2.75, 3.05) is 0 Å². The SMILES string of the molecule is Oc1csc2c(Cl)cc(Cl)c(I)c12. The number of halogens is 3. The molecule has 1 aromatic carbocycles. The number of hydrogen-bond acceptors (Lipinski definition) is 2. The van der Waals surface area contributed by atoms with E-state index in [1.165, 1.54) is 11.3 Å². The van der Waals surface area contributed by atoms with Gasteiger partial charge in [-0.2, -0.15) is 0 Å². The highest BCUT2D eigenvalue weighted by molar-refractivity contribution is 14.1. The number of aromatic hydroxyl groups is 1. The van der Waals surface area contributed by atoms with Crippen molar-refractivity contribution in [3.8, 4) is 5.75 Å². The van der Waals surface area contributed by atoms with Gasteiger partial charge in [0.2, 0.25) is 0 Å². The van der Waals surface area contributed by atoms with E-state index in [0.29, 0.717) is 10.0 Å². The van der Waals surface area contributed by atoms with Crippen LogP contribution < -0.4 is 0 Å². The van der Waals surface area contributed by atoms with Gasteiger partial charge in [-0.25, -0.2) is 0 Å². The molecule has 2 aromatic rings. The molecule has 1 aromatic heterocycles. The molecule has 0 radical (unpaired) electrons. The van der Waals surface area contributed by atoms with E-state index in [2.05, 4.69) is 22.6 Å². The number of hydrogen-bond donors (Lipinski definition) is 1. The van der Waals surface area contributed by atoms with Crippen molar-refractivity contribution in [3.05, 3.63) is 25.1 Å². The van der Waals surface area contributed by atoms with Gasteiger partial charge in [0.1, 0.15) is 5.75 Å². The Balaban J connectivity index is 3.00. The lowest BCUT2D eigenvalue weighted by Crippen LogP contribution is -1.76. The summed E-state index contributed by atoms with van der Waals surface area (Å²) < 4.78 is 1.73. The smallest absolute Gasteiger partial charge is 0.135 e. The van der Waals surface area contributed by atoms with Crippen LogP contribution in [0.3, 0.4) is 0 Å². The molecule has 0 fully saturated rings. The van der Waals surface area contributed by atoms with Gasteiger partial charge >= 0.3 is 0 Å². The third kappa shape index (κ3) is 1.52. The van der Waals surface area contributed by atoms with E-state index in [1.54, 1.807) is 11.4 Å². The van der Waals surface area contributed by atoms with Gasteiger partial charge < -0.3 is 5.11 Å². The first-order valence-corrected chi connectivity index (χ1v) is 6.06. The molecule has 0 saturated heterocycles. The summed E-state index contributed by atoms with van der Waals surface area (Å²) in [6.45, 7) is 0. The normalized spacial score (nSPS) is 11.0.